The lowest BCUT2D eigenvalue weighted by Crippen LogP contribution is -2.40. The zero-order chi connectivity index (χ0) is 35.9. The summed E-state index contributed by atoms with van der Waals surface area (Å²) in [6, 6.07) is 59.1. The van der Waals surface area contributed by atoms with Crippen LogP contribution in [0, 0.1) is 5.92 Å². The maximum Gasteiger partial charge on any atom is 0.314 e. The van der Waals surface area contributed by atoms with Crippen LogP contribution in [0.2, 0.25) is 0 Å². The van der Waals surface area contributed by atoms with E-state index in [1.807, 2.05) is 121 Å². The van der Waals surface area contributed by atoms with E-state index in [9.17, 15) is 9.90 Å². The molecule has 0 fully saturated rings. The third-order valence-electron chi connectivity index (χ3n) is 9.76. The Morgan fingerprint density at radius 3 is 1.46 bits per heavy atom. The Bertz CT molecular complexity index is 1810. The van der Waals surface area contributed by atoms with Gasteiger partial charge in [0.15, 0.2) is 0 Å². The number of carbonyl (C=O) groups is 1. The highest BCUT2D eigenvalue weighted by Gasteiger charge is 2.40. The molecule has 0 radical (unpaired) electrons. The molecule has 4 heteroatoms. The summed E-state index contributed by atoms with van der Waals surface area (Å²) in [6.45, 7) is 0.0747. The van der Waals surface area contributed by atoms with E-state index in [-0.39, 0.29) is 13.2 Å². The Morgan fingerprint density at radius 2 is 0.942 bits per heavy atom. The molecule has 0 saturated carbocycles. The van der Waals surface area contributed by atoms with Gasteiger partial charge < -0.3 is 14.6 Å². The second-order valence-electron chi connectivity index (χ2n) is 13.4. The van der Waals surface area contributed by atoms with E-state index in [1.165, 1.54) is 11.1 Å². The molecule has 2 atom stereocenters. The van der Waals surface area contributed by atoms with Crippen LogP contribution in [0.25, 0.3) is 0 Å². The summed E-state index contributed by atoms with van der Waals surface area (Å²) >= 11 is 0. The van der Waals surface area contributed by atoms with Gasteiger partial charge in [-0.15, -0.1) is 0 Å². The first-order valence-corrected chi connectivity index (χ1v) is 18.4. The average molecular weight is 689 g/mol. The van der Waals surface area contributed by atoms with Crippen molar-refractivity contribution >= 4 is 5.97 Å². The lowest BCUT2D eigenvalue weighted by atomic mass is 9.80. The summed E-state index contributed by atoms with van der Waals surface area (Å²) in [5.74, 6) is -1.40. The van der Waals surface area contributed by atoms with Crippen molar-refractivity contribution in [2.24, 2.45) is 5.92 Å². The fourth-order valence-electron chi connectivity index (χ4n) is 6.91. The van der Waals surface area contributed by atoms with E-state index in [4.69, 9.17) is 9.47 Å². The van der Waals surface area contributed by atoms with Crippen LogP contribution in [-0.2, 0) is 45.7 Å². The van der Waals surface area contributed by atoms with Crippen molar-refractivity contribution in [1.82, 2.24) is 0 Å². The van der Waals surface area contributed by atoms with Gasteiger partial charge >= 0.3 is 5.97 Å². The van der Waals surface area contributed by atoms with Crippen LogP contribution < -0.4 is 0 Å². The van der Waals surface area contributed by atoms with Crippen molar-refractivity contribution in [3.63, 3.8) is 0 Å². The summed E-state index contributed by atoms with van der Waals surface area (Å²) in [5.41, 5.74) is 6.45. The Morgan fingerprint density at radius 1 is 0.519 bits per heavy atom. The Labute approximate surface area is 308 Å². The lowest BCUT2D eigenvalue weighted by molar-refractivity contribution is -0.159. The minimum absolute atomic E-state index is 0.0467. The Kier molecular flexibility index (Phi) is 13.2. The third-order valence-corrected chi connectivity index (χ3v) is 9.76. The van der Waals surface area contributed by atoms with Crippen molar-refractivity contribution in [2.75, 3.05) is 6.61 Å². The lowest BCUT2D eigenvalue weighted by Gasteiger charge is -2.37. The van der Waals surface area contributed by atoms with Crippen LogP contribution in [0.15, 0.2) is 176 Å². The number of aliphatic hydroxyl groups excluding tert-OH is 1. The number of ether oxygens (including phenoxy) is 2. The van der Waals surface area contributed by atoms with Gasteiger partial charge in [-0.3, -0.25) is 4.79 Å². The summed E-state index contributed by atoms with van der Waals surface area (Å²) in [5, 5.41) is 11.8. The van der Waals surface area contributed by atoms with E-state index in [2.05, 4.69) is 54.6 Å². The van der Waals surface area contributed by atoms with Gasteiger partial charge in [-0.1, -0.05) is 176 Å². The summed E-state index contributed by atoms with van der Waals surface area (Å²) in [4.78, 5) is 13.9. The molecule has 52 heavy (non-hydrogen) atoms. The van der Waals surface area contributed by atoms with Crippen LogP contribution >= 0.6 is 0 Å². The van der Waals surface area contributed by atoms with Crippen LogP contribution in [0.4, 0.5) is 0 Å². The van der Waals surface area contributed by atoms with E-state index >= 15 is 0 Å². The zero-order valence-corrected chi connectivity index (χ0v) is 29.7. The van der Waals surface area contributed by atoms with Crippen LogP contribution in [0.5, 0.6) is 0 Å². The van der Waals surface area contributed by atoms with E-state index in [1.54, 1.807) is 0 Å². The van der Waals surface area contributed by atoms with Gasteiger partial charge in [0.05, 0.1) is 12.7 Å². The average Bonchev–Trinajstić information content (AvgIpc) is 3.21. The molecule has 0 saturated heterocycles. The molecule has 0 aliphatic heterocycles. The predicted octanol–water partition coefficient (Wildman–Crippen LogP) is 9.91. The number of unbranched alkanes of at least 4 members (excludes halogenated alkanes) is 1. The molecule has 0 amide bonds. The largest absolute Gasteiger partial charge is 0.460 e. The van der Waals surface area contributed by atoms with Crippen LogP contribution in [-0.4, -0.2) is 23.8 Å². The molecule has 0 aliphatic rings. The highest BCUT2D eigenvalue weighted by Crippen LogP contribution is 2.41. The number of aryl methyl sites for hydroxylation is 3. The maximum absolute atomic E-state index is 13.9. The maximum atomic E-state index is 13.9. The summed E-state index contributed by atoms with van der Waals surface area (Å²) in [7, 11) is 0. The molecule has 6 aromatic rings. The number of benzene rings is 6. The first kappa shape index (κ1) is 36.5. The molecule has 1 N–H and O–H groups in total. The minimum atomic E-state index is -1.03. The number of rotatable bonds is 18. The second kappa shape index (κ2) is 18.8. The first-order valence-electron chi connectivity index (χ1n) is 18.4. The van der Waals surface area contributed by atoms with E-state index < -0.39 is 23.6 Å². The van der Waals surface area contributed by atoms with E-state index in [0.29, 0.717) is 12.8 Å². The highest BCUT2D eigenvalue weighted by atomic mass is 16.5. The molecular formula is C48H48O4. The Hall–Kier alpha value is -5.29. The molecule has 6 rings (SSSR count). The minimum Gasteiger partial charge on any atom is -0.460 e. The normalized spacial score (nSPS) is 12.6. The topological polar surface area (TPSA) is 55.8 Å². The molecular weight excluding hydrogens is 641 g/mol. The van der Waals surface area contributed by atoms with Crippen molar-refractivity contribution in [3.8, 4) is 0 Å². The number of aliphatic hydroxyl groups is 1. The van der Waals surface area contributed by atoms with Gasteiger partial charge in [0.25, 0.3) is 0 Å². The van der Waals surface area contributed by atoms with Gasteiger partial charge in [-0.25, -0.2) is 0 Å². The molecule has 6 aromatic carbocycles. The van der Waals surface area contributed by atoms with Gasteiger partial charge in [0.1, 0.15) is 18.1 Å². The number of hydrogen-bond donors (Lipinski definition) is 1. The molecule has 0 spiro atoms. The quantitative estimate of drug-likeness (QED) is 0.0555. The molecule has 0 heterocycles. The monoisotopic (exact) mass is 688 g/mol. The van der Waals surface area contributed by atoms with Crippen LogP contribution in [0.3, 0.4) is 0 Å². The fraction of sp³-hybridized carbons (Fsp3) is 0.229. The SMILES string of the molecule is O=C(OCc1ccccc1)[C@H](COC(c1ccccc1)(c1ccccc1)c1ccccc1)[C@H](O)CCc1cccc(CCCCc2ccccc2)c1. The smallest absolute Gasteiger partial charge is 0.314 e. The number of esters is 1. The standard InChI is InChI=1S/C48H48O4/c49-46(34-33-40-26-18-25-39(35-40)22-17-16-21-38-19-6-1-7-20-38)45(47(50)51-36-41-23-8-2-9-24-41)37-52-48(42-27-10-3-11-28-42,43-29-12-4-13-30-43)44-31-14-5-15-32-44/h1-15,18-20,23-32,35,45-46,49H,16-17,21-22,33-34,36-37H2/t45-,46-/m1/s1. The van der Waals surface area contributed by atoms with Crippen molar-refractivity contribution in [3.05, 3.63) is 215 Å². The van der Waals surface area contributed by atoms with Crippen LogP contribution in [0.1, 0.15) is 58.2 Å². The molecule has 264 valence electrons. The Balaban J connectivity index is 1.20. The summed E-state index contributed by atoms with van der Waals surface area (Å²) in [6.07, 6.45) is 4.36. The first-order chi connectivity index (χ1) is 25.6. The number of hydrogen-bond acceptors (Lipinski definition) is 4. The van der Waals surface area contributed by atoms with Gasteiger partial charge in [-0.05, 0) is 77.5 Å². The van der Waals surface area contributed by atoms with E-state index in [0.717, 1.165) is 53.5 Å². The highest BCUT2D eigenvalue weighted by molar-refractivity contribution is 5.73. The van der Waals surface area contributed by atoms with Gasteiger partial charge in [0, 0.05) is 0 Å². The van der Waals surface area contributed by atoms with Crippen molar-refractivity contribution in [2.45, 2.75) is 56.8 Å². The second-order valence-corrected chi connectivity index (χ2v) is 13.4. The summed E-state index contributed by atoms with van der Waals surface area (Å²) < 4.78 is 12.9. The molecule has 4 nitrogen and oxygen atoms in total. The fourth-order valence-corrected chi connectivity index (χ4v) is 6.91. The van der Waals surface area contributed by atoms with Crippen molar-refractivity contribution < 1.29 is 19.4 Å². The van der Waals surface area contributed by atoms with Crippen molar-refractivity contribution in [1.29, 1.82) is 0 Å². The predicted molar refractivity (Wildman–Crippen MR) is 209 cm³/mol. The third kappa shape index (κ3) is 9.73. The van der Waals surface area contributed by atoms with Gasteiger partial charge in [0.2, 0.25) is 0 Å². The molecule has 0 aliphatic carbocycles. The van der Waals surface area contributed by atoms with Gasteiger partial charge in [-0.2, -0.15) is 0 Å². The molecule has 0 unspecified atom stereocenters. The molecule has 0 bridgehead atoms. The number of carbonyl (C=O) groups excluding carboxylic acids is 1. The molecule has 0 aromatic heterocycles. The zero-order valence-electron chi connectivity index (χ0n) is 29.7.